The van der Waals surface area contributed by atoms with Gasteiger partial charge in [-0.05, 0) is 44.2 Å². The third-order valence-electron chi connectivity index (χ3n) is 5.19. The number of aromatic nitrogens is 3. The average molecular weight is 397 g/mol. The summed E-state index contributed by atoms with van der Waals surface area (Å²) in [6, 6.07) is 9.78. The van der Waals surface area contributed by atoms with Crippen molar-refractivity contribution >= 4 is 39.1 Å². The number of hydrogen-bond acceptors (Lipinski definition) is 7. The van der Waals surface area contributed by atoms with E-state index in [0.717, 1.165) is 53.6 Å². The Morgan fingerprint density at radius 2 is 1.86 bits per heavy atom. The lowest BCUT2D eigenvalue weighted by atomic mass is 10.1. The molecule has 0 spiro atoms. The third kappa shape index (κ3) is 3.64. The van der Waals surface area contributed by atoms with Gasteiger partial charge in [0.05, 0.1) is 15.7 Å². The van der Waals surface area contributed by atoms with Crippen LogP contribution < -0.4 is 9.80 Å². The zero-order valence-electron chi connectivity index (χ0n) is 16.2. The Morgan fingerprint density at radius 3 is 2.54 bits per heavy atom. The minimum absolute atomic E-state index is 0.0814. The number of piperazine rings is 1. The highest BCUT2D eigenvalue weighted by atomic mass is 32.1. The zero-order chi connectivity index (χ0) is 19.5. The second-order valence-corrected chi connectivity index (χ2v) is 7.62. The minimum atomic E-state index is 0.0814. The van der Waals surface area contributed by atoms with E-state index < -0.39 is 0 Å². The van der Waals surface area contributed by atoms with Crippen LogP contribution in [0, 0.1) is 0 Å². The lowest BCUT2D eigenvalue weighted by Crippen LogP contribution is -2.49. The molecule has 0 saturated carbocycles. The van der Waals surface area contributed by atoms with Gasteiger partial charge in [-0.25, -0.2) is 4.98 Å². The molecule has 0 N–H and O–H groups in total. The summed E-state index contributed by atoms with van der Waals surface area (Å²) in [5.41, 5.74) is 3.48. The van der Waals surface area contributed by atoms with Gasteiger partial charge in [0.2, 0.25) is 0 Å². The minimum Gasteiger partial charge on any atom is -0.356 e. The fourth-order valence-corrected chi connectivity index (χ4v) is 4.23. The van der Waals surface area contributed by atoms with Crippen LogP contribution in [-0.4, -0.2) is 65.3 Å². The van der Waals surface area contributed by atoms with Crippen LogP contribution in [0.2, 0.25) is 0 Å². The van der Waals surface area contributed by atoms with Crippen molar-refractivity contribution in [1.82, 2.24) is 20.1 Å². The molecule has 7 nitrogen and oxygen atoms in total. The van der Waals surface area contributed by atoms with E-state index in [9.17, 15) is 4.79 Å². The number of thiazole rings is 1. The van der Waals surface area contributed by atoms with Crippen molar-refractivity contribution in [3.8, 4) is 0 Å². The molecule has 1 aliphatic heterocycles. The fourth-order valence-electron chi connectivity index (χ4n) is 3.51. The third-order valence-corrected chi connectivity index (χ3v) is 5.98. The molecule has 2 aromatic heterocycles. The van der Waals surface area contributed by atoms with Crippen LogP contribution in [0.15, 0.2) is 35.8 Å². The molecule has 8 heteroatoms. The maximum absolute atomic E-state index is 12.9. The summed E-state index contributed by atoms with van der Waals surface area (Å²) in [6.07, 6.45) is 0. The Hall–Kier alpha value is -2.74. The van der Waals surface area contributed by atoms with Gasteiger partial charge in [-0.3, -0.25) is 4.79 Å². The highest BCUT2D eigenvalue weighted by Crippen LogP contribution is 2.21. The van der Waals surface area contributed by atoms with E-state index in [1.807, 2.05) is 40.7 Å². The standard InChI is InChI=1S/C20H24N6OS/c1-3-24(4-2)18-7-8-19(23-22-18)25-9-11-26(12-10-25)20(27)15-5-6-16-17(13-15)28-14-21-16/h5-8,13-14H,3-4,9-12H2,1-2H3. The van der Waals surface area contributed by atoms with Crippen molar-refractivity contribution in [3.63, 3.8) is 0 Å². The molecule has 4 rings (SSSR count). The summed E-state index contributed by atoms with van der Waals surface area (Å²) in [6.45, 7) is 8.93. The number of benzene rings is 1. The van der Waals surface area contributed by atoms with Crippen LogP contribution in [0.3, 0.4) is 0 Å². The van der Waals surface area contributed by atoms with Gasteiger partial charge in [-0.1, -0.05) is 0 Å². The molecule has 1 aromatic carbocycles. The summed E-state index contributed by atoms with van der Waals surface area (Å²) < 4.78 is 1.05. The van der Waals surface area contributed by atoms with Crippen LogP contribution >= 0.6 is 11.3 Å². The largest absolute Gasteiger partial charge is 0.356 e. The van der Waals surface area contributed by atoms with Gasteiger partial charge in [-0.15, -0.1) is 21.5 Å². The van der Waals surface area contributed by atoms with Gasteiger partial charge >= 0.3 is 0 Å². The molecule has 1 amide bonds. The first-order chi connectivity index (χ1) is 13.7. The molecule has 0 atom stereocenters. The molecule has 1 fully saturated rings. The van der Waals surface area contributed by atoms with Gasteiger partial charge in [0.15, 0.2) is 11.6 Å². The van der Waals surface area contributed by atoms with E-state index in [0.29, 0.717) is 13.1 Å². The van der Waals surface area contributed by atoms with E-state index in [4.69, 9.17) is 0 Å². The van der Waals surface area contributed by atoms with Crippen molar-refractivity contribution in [2.24, 2.45) is 0 Å². The van der Waals surface area contributed by atoms with E-state index in [1.165, 1.54) is 0 Å². The SMILES string of the molecule is CCN(CC)c1ccc(N2CCN(C(=O)c3ccc4ncsc4c3)CC2)nn1. The highest BCUT2D eigenvalue weighted by Gasteiger charge is 2.23. The maximum atomic E-state index is 12.9. The molecule has 3 aromatic rings. The van der Waals surface area contributed by atoms with E-state index in [1.54, 1.807) is 11.3 Å². The predicted molar refractivity (Wildman–Crippen MR) is 113 cm³/mol. The van der Waals surface area contributed by atoms with E-state index in [2.05, 4.69) is 38.8 Å². The number of rotatable bonds is 5. The van der Waals surface area contributed by atoms with Crippen molar-refractivity contribution < 1.29 is 4.79 Å². The molecule has 0 aliphatic carbocycles. The van der Waals surface area contributed by atoms with Crippen molar-refractivity contribution in [3.05, 3.63) is 41.4 Å². The second kappa shape index (κ2) is 8.10. The first kappa shape index (κ1) is 18.6. The molecule has 28 heavy (non-hydrogen) atoms. The number of fused-ring (bicyclic) bond motifs is 1. The second-order valence-electron chi connectivity index (χ2n) is 6.74. The average Bonchev–Trinajstić information content (AvgIpc) is 3.23. The monoisotopic (exact) mass is 396 g/mol. The molecular weight excluding hydrogens is 372 g/mol. The van der Waals surface area contributed by atoms with Gasteiger partial charge in [-0.2, -0.15) is 0 Å². The summed E-state index contributed by atoms with van der Waals surface area (Å²) in [4.78, 5) is 23.4. The summed E-state index contributed by atoms with van der Waals surface area (Å²) in [7, 11) is 0. The molecule has 1 saturated heterocycles. The summed E-state index contributed by atoms with van der Waals surface area (Å²) >= 11 is 1.56. The molecule has 1 aliphatic rings. The van der Waals surface area contributed by atoms with Gasteiger partial charge < -0.3 is 14.7 Å². The van der Waals surface area contributed by atoms with Crippen LogP contribution in [0.25, 0.3) is 10.2 Å². The molecular formula is C20H24N6OS. The van der Waals surface area contributed by atoms with Gasteiger partial charge in [0.25, 0.3) is 5.91 Å². The predicted octanol–water partition coefficient (Wildman–Crippen LogP) is 2.89. The Kier molecular flexibility index (Phi) is 5.38. The Balaban J connectivity index is 1.39. The Labute approximate surface area is 168 Å². The summed E-state index contributed by atoms with van der Waals surface area (Å²) in [5, 5.41) is 8.77. The van der Waals surface area contributed by atoms with E-state index in [-0.39, 0.29) is 5.91 Å². The first-order valence-corrected chi connectivity index (χ1v) is 10.5. The Bertz CT molecular complexity index is 945. The topological polar surface area (TPSA) is 65.5 Å². The Morgan fingerprint density at radius 1 is 1.07 bits per heavy atom. The molecule has 146 valence electrons. The number of anilines is 2. The van der Waals surface area contributed by atoms with E-state index >= 15 is 0 Å². The molecule has 0 bridgehead atoms. The van der Waals surface area contributed by atoms with Crippen molar-refractivity contribution in [2.75, 3.05) is 49.1 Å². The lowest BCUT2D eigenvalue weighted by molar-refractivity contribution is 0.0746. The maximum Gasteiger partial charge on any atom is 0.254 e. The first-order valence-electron chi connectivity index (χ1n) is 9.65. The van der Waals surface area contributed by atoms with Gasteiger partial charge in [0, 0.05) is 44.8 Å². The quantitative estimate of drug-likeness (QED) is 0.661. The van der Waals surface area contributed by atoms with Crippen molar-refractivity contribution in [2.45, 2.75) is 13.8 Å². The summed E-state index contributed by atoms with van der Waals surface area (Å²) in [5.74, 6) is 1.85. The lowest BCUT2D eigenvalue weighted by Gasteiger charge is -2.35. The van der Waals surface area contributed by atoms with Gasteiger partial charge in [0.1, 0.15) is 0 Å². The number of nitrogens with zero attached hydrogens (tertiary/aromatic N) is 6. The van der Waals surface area contributed by atoms with Crippen LogP contribution in [-0.2, 0) is 0 Å². The molecule has 0 unspecified atom stereocenters. The zero-order valence-corrected chi connectivity index (χ0v) is 17.0. The molecule has 0 radical (unpaired) electrons. The van der Waals surface area contributed by atoms with Crippen LogP contribution in [0.4, 0.5) is 11.6 Å². The highest BCUT2D eigenvalue weighted by molar-refractivity contribution is 7.16. The smallest absolute Gasteiger partial charge is 0.254 e. The number of hydrogen-bond donors (Lipinski definition) is 0. The van der Waals surface area contributed by atoms with Crippen LogP contribution in [0.1, 0.15) is 24.2 Å². The molecule has 3 heterocycles. The van der Waals surface area contributed by atoms with Crippen LogP contribution in [0.5, 0.6) is 0 Å². The number of carbonyl (C=O) groups is 1. The number of carbonyl (C=O) groups excluding carboxylic acids is 1. The fraction of sp³-hybridized carbons (Fsp3) is 0.400. The van der Waals surface area contributed by atoms with Crippen molar-refractivity contribution in [1.29, 1.82) is 0 Å². The number of amides is 1. The normalized spacial score (nSPS) is 14.5.